The predicted octanol–water partition coefficient (Wildman–Crippen LogP) is 4.90. The van der Waals surface area contributed by atoms with E-state index in [1.165, 1.54) is 12.0 Å². The van der Waals surface area contributed by atoms with Gasteiger partial charge in [0, 0.05) is 17.1 Å². The lowest BCUT2D eigenvalue weighted by atomic mass is 10.0. The van der Waals surface area contributed by atoms with Gasteiger partial charge in [-0.3, -0.25) is 14.5 Å². The number of nitrogens with zero attached hydrogens (tertiary/aromatic N) is 1. The number of carbonyl (C=O) groups is 3. The van der Waals surface area contributed by atoms with E-state index in [1.807, 2.05) is 31.2 Å². The number of nitrogens with one attached hydrogen (secondary N) is 1. The minimum atomic E-state index is -0.583. The second kappa shape index (κ2) is 11.5. The topological polar surface area (TPSA) is 94.2 Å². The SMILES string of the molecule is COC(=O)C1=C(C)N(c2cccc(C)c2)C(=O)/C1=C\c1ccc(OCC(=O)Nc2ccc(OC)cc2)cc1. The van der Waals surface area contributed by atoms with Crippen molar-refractivity contribution in [1.82, 2.24) is 0 Å². The first kappa shape index (κ1) is 26.2. The molecule has 194 valence electrons. The maximum absolute atomic E-state index is 13.4. The van der Waals surface area contributed by atoms with Gasteiger partial charge in [0.05, 0.1) is 25.4 Å². The van der Waals surface area contributed by atoms with Crippen LogP contribution in [0.1, 0.15) is 18.1 Å². The van der Waals surface area contributed by atoms with Crippen LogP contribution in [0.15, 0.2) is 89.6 Å². The van der Waals surface area contributed by atoms with Crippen molar-refractivity contribution in [1.29, 1.82) is 0 Å². The second-order valence-electron chi connectivity index (χ2n) is 8.62. The standard InChI is InChI=1S/C30H28N2O6/c1-19-6-5-7-23(16-19)32-20(2)28(30(35)37-4)26(29(32)34)17-21-8-12-25(13-9-21)38-18-27(33)31-22-10-14-24(36-3)15-11-22/h5-17H,18H2,1-4H3,(H,31,33)/b26-17-. The third-order valence-electron chi connectivity index (χ3n) is 5.98. The van der Waals surface area contributed by atoms with E-state index in [9.17, 15) is 14.4 Å². The lowest BCUT2D eigenvalue weighted by Gasteiger charge is -2.18. The molecule has 0 aliphatic carbocycles. The molecule has 0 fully saturated rings. The molecule has 0 atom stereocenters. The molecule has 2 amide bonds. The van der Waals surface area contributed by atoms with Crippen molar-refractivity contribution >= 4 is 35.2 Å². The molecule has 8 nitrogen and oxygen atoms in total. The number of anilines is 2. The number of esters is 1. The van der Waals surface area contributed by atoms with Gasteiger partial charge in [-0.25, -0.2) is 4.79 Å². The molecule has 0 bridgehead atoms. The summed E-state index contributed by atoms with van der Waals surface area (Å²) in [6.07, 6.45) is 1.65. The smallest absolute Gasteiger partial charge is 0.340 e. The van der Waals surface area contributed by atoms with Gasteiger partial charge in [-0.2, -0.15) is 0 Å². The first-order valence-corrected chi connectivity index (χ1v) is 11.9. The number of hydrogen-bond donors (Lipinski definition) is 1. The number of benzene rings is 3. The molecule has 1 aliphatic heterocycles. The largest absolute Gasteiger partial charge is 0.497 e. The Hall–Kier alpha value is -4.85. The highest BCUT2D eigenvalue weighted by molar-refractivity contribution is 6.23. The van der Waals surface area contributed by atoms with Gasteiger partial charge < -0.3 is 19.5 Å². The van der Waals surface area contributed by atoms with E-state index in [0.29, 0.717) is 34.1 Å². The van der Waals surface area contributed by atoms with Crippen molar-refractivity contribution < 1.29 is 28.6 Å². The molecular formula is C30H28N2O6. The molecular weight excluding hydrogens is 484 g/mol. The van der Waals surface area contributed by atoms with Crippen LogP contribution < -0.4 is 19.7 Å². The van der Waals surface area contributed by atoms with Gasteiger partial charge in [0.2, 0.25) is 0 Å². The fraction of sp³-hybridized carbons (Fsp3) is 0.167. The van der Waals surface area contributed by atoms with E-state index in [-0.39, 0.29) is 29.6 Å². The molecule has 0 spiro atoms. The highest BCUT2D eigenvalue weighted by atomic mass is 16.5. The number of methoxy groups -OCH3 is 2. The molecule has 38 heavy (non-hydrogen) atoms. The van der Waals surface area contributed by atoms with Crippen LogP contribution in [0, 0.1) is 6.92 Å². The van der Waals surface area contributed by atoms with Crippen molar-refractivity contribution in [2.75, 3.05) is 31.0 Å². The molecule has 1 aliphatic rings. The van der Waals surface area contributed by atoms with E-state index in [1.54, 1.807) is 68.6 Å². The summed E-state index contributed by atoms with van der Waals surface area (Å²) in [5.41, 5.74) is 3.94. The first-order chi connectivity index (χ1) is 18.3. The van der Waals surface area contributed by atoms with Gasteiger partial charge in [0.15, 0.2) is 6.61 Å². The second-order valence-corrected chi connectivity index (χ2v) is 8.62. The highest BCUT2D eigenvalue weighted by Crippen LogP contribution is 2.35. The Morgan fingerprint density at radius 1 is 0.921 bits per heavy atom. The van der Waals surface area contributed by atoms with Gasteiger partial charge in [-0.15, -0.1) is 0 Å². The monoisotopic (exact) mass is 512 g/mol. The fourth-order valence-corrected chi connectivity index (χ4v) is 4.11. The zero-order valence-electron chi connectivity index (χ0n) is 21.6. The summed E-state index contributed by atoms with van der Waals surface area (Å²) < 4.78 is 15.7. The first-order valence-electron chi connectivity index (χ1n) is 11.9. The fourth-order valence-electron chi connectivity index (χ4n) is 4.11. The third-order valence-corrected chi connectivity index (χ3v) is 5.98. The average Bonchev–Trinajstić information content (AvgIpc) is 3.17. The molecule has 3 aromatic rings. The van der Waals surface area contributed by atoms with Gasteiger partial charge in [-0.1, -0.05) is 24.3 Å². The lowest BCUT2D eigenvalue weighted by Crippen LogP contribution is -2.24. The van der Waals surface area contributed by atoms with Crippen molar-refractivity contribution in [3.05, 3.63) is 101 Å². The van der Waals surface area contributed by atoms with Crippen LogP contribution in [0.25, 0.3) is 6.08 Å². The Morgan fingerprint density at radius 2 is 1.61 bits per heavy atom. The molecule has 1 heterocycles. The van der Waals surface area contributed by atoms with Crippen LogP contribution in [0.3, 0.4) is 0 Å². The van der Waals surface area contributed by atoms with Crippen molar-refractivity contribution in [3.8, 4) is 11.5 Å². The van der Waals surface area contributed by atoms with E-state index >= 15 is 0 Å². The van der Waals surface area contributed by atoms with Crippen molar-refractivity contribution in [2.24, 2.45) is 0 Å². The van der Waals surface area contributed by atoms with E-state index in [4.69, 9.17) is 14.2 Å². The van der Waals surface area contributed by atoms with Crippen LogP contribution in [0.4, 0.5) is 11.4 Å². The summed E-state index contributed by atoms with van der Waals surface area (Å²) in [4.78, 5) is 39.8. The van der Waals surface area contributed by atoms with Crippen LogP contribution in [-0.2, 0) is 19.1 Å². The Kier molecular flexibility index (Phi) is 7.91. The Bertz CT molecular complexity index is 1420. The maximum atomic E-state index is 13.4. The van der Waals surface area contributed by atoms with Crippen LogP contribution in [0.2, 0.25) is 0 Å². The minimum Gasteiger partial charge on any atom is -0.497 e. The molecule has 0 saturated carbocycles. The maximum Gasteiger partial charge on any atom is 0.340 e. The molecule has 8 heteroatoms. The third kappa shape index (κ3) is 5.75. The Morgan fingerprint density at radius 3 is 2.24 bits per heavy atom. The molecule has 1 N–H and O–H groups in total. The average molecular weight is 513 g/mol. The molecule has 0 saturated heterocycles. The number of hydrogen-bond acceptors (Lipinski definition) is 6. The van der Waals surface area contributed by atoms with E-state index in [0.717, 1.165) is 5.56 Å². The zero-order chi connectivity index (χ0) is 27.2. The summed E-state index contributed by atoms with van der Waals surface area (Å²) in [7, 11) is 2.86. The zero-order valence-corrected chi connectivity index (χ0v) is 21.6. The number of aryl methyl sites for hydroxylation is 1. The van der Waals surface area contributed by atoms with Gasteiger partial charge in [-0.05, 0) is 79.6 Å². The lowest BCUT2D eigenvalue weighted by molar-refractivity contribution is -0.136. The molecule has 3 aromatic carbocycles. The number of allylic oxidation sites excluding steroid dienone is 1. The number of ether oxygens (including phenoxy) is 3. The van der Waals surface area contributed by atoms with E-state index < -0.39 is 5.97 Å². The summed E-state index contributed by atoms with van der Waals surface area (Å²) in [6.45, 7) is 3.49. The van der Waals surface area contributed by atoms with E-state index in [2.05, 4.69) is 5.32 Å². The number of rotatable bonds is 8. The number of carbonyl (C=O) groups excluding carboxylic acids is 3. The van der Waals surface area contributed by atoms with Crippen molar-refractivity contribution in [2.45, 2.75) is 13.8 Å². The van der Waals surface area contributed by atoms with Crippen LogP contribution in [0.5, 0.6) is 11.5 Å². The minimum absolute atomic E-state index is 0.176. The van der Waals surface area contributed by atoms with Crippen molar-refractivity contribution in [3.63, 3.8) is 0 Å². The summed E-state index contributed by atoms with van der Waals surface area (Å²) >= 11 is 0. The van der Waals surface area contributed by atoms with Gasteiger partial charge >= 0.3 is 5.97 Å². The highest BCUT2D eigenvalue weighted by Gasteiger charge is 2.37. The number of amides is 2. The summed E-state index contributed by atoms with van der Waals surface area (Å²) in [5.74, 6) is -0.0292. The van der Waals surface area contributed by atoms with Gasteiger partial charge in [0.25, 0.3) is 11.8 Å². The Labute approximate surface area is 221 Å². The van der Waals surface area contributed by atoms with Gasteiger partial charge in [0.1, 0.15) is 11.5 Å². The van der Waals surface area contributed by atoms with Crippen LogP contribution >= 0.6 is 0 Å². The van der Waals surface area contributed by atoms with Crippen LogP contribution in [-0.4, -0.2) is 38.6 Å². The summed E-state index contributed by atoms with van der Waals surface area (Å²) in [5, 5.41) is 2.75. The molecule has 0 unspecified atom stereocenters. The normalized spacial score (nSPS) is 14.1. The molecule has 0 radical (unpaired) electrons. The predicted molar refractivity (Wildman–Crippen MR) is 145 cm³/mol. The quantitative estimate of drug-likeness (QED) is 0.341. The summed E-state index contributed by atoms with van der Waals surface area (Å²) in [6, 6.07) is 21.4. The molecule has 4 rings (SSSR count). The Balaban J connectivity index is 1.48. The molecule has 0 aromatic heterocycles.